The number of esters is 1. The van der Waals surface area contributed by atoms with Gasteiger partial charge >= 0.3 is 5.97 Å². The zero-order chi connectivity index (χ0) is 10.7. The highest BCUT2D eigenvalue weighted by atomic mass is 16.6. The maximum Gasteiger partial charge on any atom is 0.306 e. The van der Waals surface area contributed by atoms with Crippen LogP contribution in [0.3, 0.4) is 0 Å². The van der Waals surface area contributed by atoms with Crippen LogP contribution in [0.15, 0.2) is 30.3 Å². The smallest absolute Gasteiger partial charge is 0.306 e. The first-order valence-corrected chi connectivity index (χ1v) is 5.15. The van der Waals surface area contributed by atoms with Gasteiger partial charge in [-0.25, -0.2) is 0 Å². The van der Waals surface area contributed by atoms with Crippen molar-refractivity contribution in [3.05, 3.63) is 35.9 Å². The van der Waals surface area contributed by atoms with Crippen LogP contribution in [0.4, 0.5) is 0 Å². The molecule has 0 aromatic heterocycles. The summed E-state index contributed by atoms with van der Waals surface area (Å²) in [5, 5.41) is 9.44. The number of hydrogen-bond donors (Lipinski definition) is 1. The number of carbonyl (C=O) groups excluding carboxylic acids is 1. The number of cyclic esters (lactones) is 1. The fourth-order valence-corrected chi connectivity index (χ4v) is 1.99. The van der Waals surface area contributed by atoms with Crippen molar-refractivity contribution in [1.29, 1.82) is 0 Å². The lowest BCUT2D eigenvalue weighted by molar-refractivity contribution is -0.174. The number of benzene rings is 1. The fraction of sp³-hybridized carbons (Fsp3) is 0.417. The van der Waals surface area contributed by atoms with E-state index in [1.165, 1.54) is 0 Å². The summed E-state index contributed by atoms with van der Waals surface area (Å²) in [6.45, 7) is -0.150. The third-order valence-corrected chi connectivity index (χ3v) is 2.83. The average molecular weight is 206 g/mol. The van der Waals surface area contributed by atoms with Gasteiger partial charge in [-0.05, 0) is 18.4 Å². The fourth-order valence-electron chi connectivity index (χ4n) is 1.99. The molecule has 3 heteroatoms. The van der Waals surface area contributed by atoms with Gasteiger partial charge in [0.1, 0.15) is 0 Å². The summed E-state index contributed by atoms with van der Waals surface area (Å²) in [5.74, 6) is -0.223. The molecule has 0 saturated carbocycles. The lowest BCUT2D eigenvalue weighted by Crippen LogP contribution is -2.39. The van der Waals surface area contributed by atoms with Crippen molar-refractivity contribution in [3.63, 3.8) is 0 Å². The van der Waals surface area contributed by atoms with Crippen molar-refractivity contribution >= 4 is 5.97 Å². The first kappa shape index (κ1) is 10.2. The molecule has 3 nitrogen and oxygen atoms in total. The molecule has 1 fully saturated rings. The van der Waals surface area contributed by atoms with E-state index >= 15 is 0 Å². The van der Waals surface area contributed by atoms with Crippen LogP contribution in [-0.2, 0) is 15.1 Å². The first-order chi connectivity index (χ1) is 7.27. The zero-order valence-electron chi connectivity index (χ0n) is 8.48. The molecule has 15 heavy (non-hydrogen) atoms. The van der Waals surface area contributed by atoms with Crippen LogP contribution in [-0.4, -0.2) is 17.7 Å². The van der Waals surface area contributed by atoms with E-state index in [4.69, 9.17) is 4.74 Å². The summed E-state index contributed by atoms with van der Waals surface area (Å²) in [6.07, 6.45) is 1.92. The Kier molecular flexibility index (Phi) is 2.73. The van der Waals surface area contributed by atoms with Crippen LogP contribution >= 0.6 is 0 Å². The van der Waals surface area contributed by atoms with Crippen LogP contribution in [0.1, 0.15) is 24.8 Å². The zero-order valence-corrected chi connectivity index (χ0v) is 8.48. The molecular weight excluding hydrogens is 192 g/mol. The molecule has 1 aromatic carbocycles. The van der Waals surface area contributed by atoms with Gasteiger partial charge in [-0.15, -0.1) is 0 Å². The second-order valence-electron chi connectivity index (χ2n) is 3.85. The van der Waals surface area contributed by atoms with Crippen molar-refractivity contribution < 1.29 is 14.6 Å². The molecule has 1 saturated heterocycles. The maximum atomic E-state index is 11.3. The highest BCUT2D eigenvalue weighted by molar-refractivity contribution is 5.71. The van der Waals surface area contributed by atoms with E-state index in [1.54, 1.807) is 0 Å². The van der Waals surface area contributed by atoms with Gasteiger partial charge in [0, 0.05) is 6.42 Å². The van der Waals surface area contributed by atoms with Gasteiger partial charge in [-0.2, -0.15) is 0 Å². The Morgan fingerprint density at radius 2 is 2.07 bits per heavy atom. The third-order valence-electron chi connectivity index (χ3n) is 2.83. The Morgan fingerprint density at radius 3 is 2.67 bits per heavy atom. The number of aliphatic hydroxyl groups excluding tert-OH is 1. The van der Waals surface area contributed by atoms with Crippen LogP contribution in [0.2, 0.25) is 0 Å². The second kappa shape index (κ2) is 4.03. The minimum absolute atomic E-state index is 0.150. The monoisotopic (exact) mass is 206 g/mol. The maximum absolute atomic E-state index is 11.3. The van der Waals surface area contributed by atoms with Crippen molar-refractivity contribution in [2.45, 2.75) is 24.9 Å². The Balaban J connectivity index is 2.32. The number of aliphatic hydroxyl groups is 1. The predicted molar refractivity (Wildman–Crippen MR) is 55.1 cm³/mol. The number of hydrogen-bond acceptors (Lipinski definition) is 3. The minimum atomic E-state index is -0.809. The lowest BCUT2D eigenvalue weighted by atomic mass is 9.87. The second-order valence-corrected chi connectivity index (χ2v) is 3.85. The van der Waals surface area contributed by atoms with E-state index in [0.29, 0.717) is 12.8 Å². The van der Waals surface area contributed by atoms with Crippen molar-refractivity contribution in [3.8, 4) is 0 Å². The number of carbonyl (C=O) groups is 1. The minimum Gasteiger partial charge on any atom is -0.452 e. The lowest BCUT2D eigenvalue weighted by Gasteiger charge is -2.35. The van der Waals surface area contributed by atoms with Gasteiger partial charge in [0.2, 0.25) is 0 Å². The summed E-state index contributed by atoms with van der Waals surface area (Å²) in [6, 6.07) is 9.44. The van der Waals surface area contributed by atoms with E-state index in [-0.39, 0.29) is 12.6 Å². The molecule has 1 aliphatic rings. The van der Waals surface area contributed by atoms with Gasteiger partial charge < -0.3 is 9.84 Å². The average Bonchev–Trinajstić information content (AvgIpc) is 2.30. The van der Waals surface area contributed by atoms with E-state index in [2.05, 4.69) is 0 Å². The topological polar surface area (TPSA) is 46.5 Å². The summed E-state index contributed by atoms with van der Waals surface area (Å²) < 4.78 is 5.32. The third kappa shape index (κ3) is 1.88. The van der Waals surface area contributed by atoms with Crippen LogP contribution < -0.4 is 0 Å². The van der Waals surface area contributed by atoms with E-state index < -0.39 is 5.60 Å². The molecule has 80 valence electrons. The summed E-state index contributed by atoms with van der Waals surface area (Å²) in [7, 11) is 0. The van der Waals surface area contributed by atoms with Gasteiger partial charge in [-0.3, -0.25) is 4.79 Å². The van der Waals surface area contributed by atoms with Crippen LogP contribution in [0.25, 0.3) is 0 Å². The molecule has 0 spiro atoms. The molecular formula is C12H14O3. The van der Waals surface area contributed by atoms with E-state index in [1.807, 2.05) is 30.3 Å². The Morgan fingerprint density at radius 1 is 1.33 bits per heavy atom. The molecule has 1 N–H and O–H groups in total. The quantitative estimate of drug-likeness (QED) is 0.748. The SMILES string of the molecule is O=C1CCC[C@](CO)(c2ccccc2)O1. The number of ether oxygens (including phenoxy) is 1. The first-order valence-electron chi connectivity index (χ1n) is 5.15. The van der Waals surface area contributed by atoms with Gasteiger partial charge in [0.05, 0.1) is 6.61 Å². The molecule has 0 bridgehead atoms. The van der Waals surface area contributed by atoms with Crippen LogP contribution in [0.5, 0.6) is 0 Å². The summed E-state index contributed by atoms with van der Waals surface area (Å²) in [4.78, 5) is 11.3. The molecule has 2 rings (SSSR count). The van der Waals surface area contributed by atoms with Gasteiger partial charge in [-0.1, -0.05) is 30.3 Å². The Bertz CT molecular complexity index is 347. The molecule has 1 atom stereocenters. The normalized spacial score (nSPS) is 26.1. The summed E-state index contributed by atoms with van der Waals surface area (Å²) in [5.41, 5.74) is 0.0666. The van der Waals surface area contributed by atoms with E-state index in [9.17, 15) is 9.90 Å². The van der Waals surface area contributed by atoms with Crippen molar-refractivity contribution in [2.24, 2.45) is 0 Å². The molecule has 0 aliphatic carbocycles. The van der Waals surface area contributed by atoms with Crippen LogP contribution in [0, 0.1) is 0 Å². The summed E-state index contributed by atoms with van der Waals surface area (Å²) >= 11 is 0. The molecule has 1 aromatic rings. The van der Waals surface area contributed by atoms with Crippen molar-refractivity contribution in [1.82, 2.24) is 0 Å². The Labute approximate surface area is 88.7 Å². The van der Waals surface area contributed by atoms with Gasteiger partial charge in [0.25, 0.3) is 0 Å². The highest BCUT2D eigenvalue weighted by Gasteiger charge is 2.38. The van der Waals surface area contributed by atoms with Gasteiger partial charge in [0.15, 0.2) is 5.60 Å². The predicted octanol–water partition coefficient (Wildman–Crippen LogP) is 1.60. The number of rotatable bonds is 2. The molecule has 0 amide bonds. The molecule has 0 unspecified atom stereocenters. The largest absolute Gasteiger partial charge is 0.452 e. The molecule has 1 heterocycles. The molecule has 0 radical (unpaired) electrons. The molecule has 1 aliphatic heterocycles. The highest BCUT2D eigenvalue weighted by Crippen LogP contribution is 2.34. The van der Waals surface area contributed by atoms with Crippen molar-refractivity contribution in [2.75, 3.05) is 6.61 Å². The standard InChI is InChI=1S/C12H14O3/c13-9-12(8-4-7-11(14)15-12)10-5-2-1-3-6-10/h1-3,5-6,13H,4,7-9H2/t12-/m0/s1. The van der Waals surface area contributed by atoms with E-state index in [0.717, 1.165) is 12.0 Å². The Hall–Kier alpha value is -1.35.